The van der Waals surface area contributed by atoms with Gasteiger partial charge in [0.1, 0.15) is 17.2 Å². The molecule has 0 aliphatic carbocycles. The van der Waals surface area contributed by atoms with Crippen LogP contribution in [0.15, 0.2) is 60.7 Å². The van der Waals surface area contributed by atoms with Crippen LogP contribution in [0, 0.1) is 0 Å². The van der Waals surface area contributed by atoms with Crippen molar-refractivity contribution >= 4 is 35.3 Å². The lowest BCUT2D eigenvalue weighted by atomic mass is 10.0. The zero-order valence-corrected chi connectivity index (χ0v) is 17.7. The summed E-state index contributed by atoms with van der Waals surface area (Å²) in [7, 11) is 4.71. The average molecular weight is 424 g/mol. The lowest BCUT2D eigenvalue weighted by Gasteiger charge is -2.14. The Kier molecular flexibility index (Phi) is 6.99. The number of benzene rings is 3. The van der Waals surface area contributed by atoms with Crippen molar-refractivity contribution in [3.05, 3.63) is 82.4 Å². The molecule has 3 aromatic carbocycles. The van der Waals surface area contributed by atoms with Crippen LogP contribution < -0.4 is 19.5 Å². The molecule has 0 aliphatic heterocycles. The summed E-state index contributed by atoms with van der Waals surface area (Å²) in [6.07, 6.45) is 3.76. The standard InChI is InChI=1S/C24H22ClNO4/c1-28-20-12-5-16(6-13-20)4-7-17-14-21(29-2)15-22(30-3)23(17)24(27)26-19-10-8-18(25)9-11-19/h4-15H,1-3H3,(H,26,27)/b7-4+. The number of hydrogen-bond acceptors (Lipinski definition) is 4. The van der Waals surface area contributed by atoms with Crippen LogP contribution in [0.2, 0.25) is 5.02 Å². The van der Waals surface area contributed by atoms with Crippen LogP contribution in [0.5, 0.6) is 17.2 Å². The van der Waals surface area contributed by atoms with Crippen molar-refractivity contribution in [1.82, 2.24) is 0 Å². The van der Waals surface area contributed by atoms with Gasteiger partial charge in [0, 0.05) is 16.8 Å². The highest BCUT2D eigenvalue weighted by atomic mass is 35.5. The smallest absolute Gasteiger partial charge is 0.260 e. The molecule has 0 bridgehead atoms. The van der Waals surface area contributed by atoms with Gasteiger partial charge in [-0.15, -0.1) is 0 Å². The van der Waals surface area contributed by atoms with E-state index in [-0.39, 0.29) is 5.91 Å². The molecule has 0 heterocycles. The zero-order chi connectivity index (χ0) is 21.5. The monoisotopic (exact) mass is 423 g/mol. The molecule has 0 atom stereocenters. The van der Waals surface area contributed by atoms with Gasteiger partial charge in [-0.2, -0.15) is 0 Å². The Bertz CT molecular complexity index is 1040. The molecule has 0 unspecified atom stereocenters. The first-order valence-corrected chi connectivity index (χ1v) is 9.57. The molecular weight excluding hydrogens is 402 g/mol. The summed E-state index contributed by atoms with van der Waals surface area (Å²) in [4.78, 5) is 13.1. The quantitative estimate of drug-likeness (QED) is 0.489. The molecule has 5 nitrogen and oxygen atoms in total. The van der Waals surface area contributed by atoms with Gasteiger partial charge in [-0.3, -0.25) is 4.79 Å². The van der Waals surface area contributed by atoms with Crippen molar-refractivity contribution in [3.8, 4) is 17.2 Å². The second-order valence-electron chi connectivity index (χ2n) is 6.36. The van der Waals surface area contributed by atoms with Gasteiger partial charge in [-0.1, -0.05) is 35.9 Å². The Morgan fingerprint density at radius 3 is 2.10 bits per heavy atom. The fraction of sp³-hybridized carbons (Fsp3) is 0.125. The summed E-state index contributed by atoms with van der Waals surface area (Å²) in [5, 5.41) is 3.48. The van der Waals surface area contributed by atoms with Crippen molar-refractivity contribution in [1.29, 1.82) is 0 Å². The molecule has 0 fully saturated rings. The minimum absolute atomic E-state index is 0.300. The fourth-order valence-corrected chi connectivity index (χ4v) is 3.02. The summed E-state index contributed by atoms with van der Waals surface area (Å²) in [5.74, 6) is 1.48. The number of halogens is 1. The van der Waals surface area contributed by atoms with Crippen LogP contribution in [0.4, 0.5) is 5.69 Å². The maximum absolute atomic E-state index is 13.1. The number of anilines is 1. The van der Waals surface area contributed by atoms with E-state index in [0.717, 1.165) is 11.3 Å². The van der Waals surface area contributed by atoms with Gasteiger partial charge in [0.25, 0.3) is 5.91 Å². The number of hydrogen-bond donors (Lipinski definition) is 1. The average Bonchev–Trinajstić information content (AvgIpc) is 2.78. The molecule has 0 saturated carbocycles. The molecule has 0 saturated heterocycles. The van der Waals surface area contributed by atoms with Crippen molar-refractivity contribution in [2.24, 2.45) is 0 Å². The molecule has 0 spiro atoms. The Labute approximate surface area is 180 Å². The number of nitrogens with one attached hydrogen (secondary N) is 1. The van der Waals surface area contributed by atoms with Crippen LogP contribution >= 0.6 is 11.6 Å². The third-order valence-electron chi connectivity index (χ3n) is 4.46. The molecule has 1 amide bonds. The lowest BCUT2D eigenvalue weighted by Crippen LogP contribution is -2.15. The van der Waals surface area contributed by atoms with Crippen LogP contribution in [0.1, 0.15) is 21.5 Å². The van der Waals surface area contributed by atoms with Gasteiger partial charge in [0.2, 0.25) is 0 Å². The normalized spacial score (nSPS) is 10.7. The third kappa shape index (κ3) is 5.13. The number of rotatable bonds is 7. The molecule has 1 N–H and O–H groups in total. The molecule has 30 heavy (non-hydrogen) atoms. The van der Waals surface area contributed by atoms with E-state index in [0.29, 0.717) is 33.3 Å². The predicted octanol–water partition coefficient (Wildman–Crippen LogP) is 5.79. The third-order valence-corrected chi connectivity index (χ3v) is 4.71. The summed E-state index contributed by atoms with van der Waals surface area (Å²) in [5.41, 5.74) is 2.65. The maximum Gasteiger partial charge on any atom is 0.260 e. The van der Waals surface area contributed by atoms with E-state index in [1.165, 1.54) is 7.11 Å². The first-order chi connectivity index (χ1) is 14.5. The highest BCUT2D eigenvalue weighted by molar-refractivity contribution is 6.30. The number of amides is 1. The number of ether oxygens (including phenoxy) is 3. The summed E-state index contributed by atoms with van der Waals surface area (Å²) >= 11 is 5.93. The fourth-order valence-electron chi connectivity index (χ4n) is 2.89. The van der Waals surface area contributed by atoms with E-state index in [9.17, 15) is 4.79 Å². The van der Waals surface area contributed by atoms with E-state index in [1.54, 1.807) is 50.6 Å². The molecule has 3 rings (SSSR count). The maximum atomic E-state index is 13.1. The number of methoxy groups -OCH3 is 3. The Morgan fingerprint density at radius 1 is 0.833 bits per heavy atom. The molecular formula is C24H22ClNO4. The number of carbonyl (C=O) groups is 1. The van der Waals surface area contributed by atoms with Crippen LogP contribution in [0.3, 0.4) is 0 Å². The van der Waals surface area contributed by atoms with Gasteiger partial charge in [0.15, 0.2) is 0 Å². The summed E-state index contributed by atoms with van der Waals surface area (Å²) in [6.45, 7) is 0. The van der Waals surface area contributed by atoms with E-state index in [4.69, 9.17) is 25.8 Å². The molecule has 3 aromatic rings. The van der Waals surface area contributed by atoms with Crippen LogP contribution in [-0.4, -0.2) is 27.2 Å². The lowest BCUT2D eigenvalue weighted by molar-refractivity contribution is 0.102. The van der Waals surface area contributed by atoms with Crippen molar-refractivity contribution in [2.75, 3.05) is 26.6 Å². The molecule has 0 radical (unpaired) electrons. The number of carbonyl (C=O) groups excluding carboxylic acids is 1. The minimum atomic E-state index is -0.300. The van der Waals surface area contributed by atoms with E-state index >= 15 is 0 Å². The second kappa shape index (κ2) is 9.85. The Hall–Kier alpha value is -3.44. The molecule has 154 valence electrons. The second-order valence-corrected chi connectivity index (χ2v) is 6.80. The molecule has 6 heteroatoms. The Balaban J connectivity index is 1.98. The first-order valence-electron chi connectivity index (χ1n) is 9.19. The molecule has 0 aliphatic rings. The SMILES string of the molecule is COc1ccc(/C=C/c2cc(OC)cc(OC)c2C(=O)Nc2ccc(Cl)cc2)cc1. The van der Waals surface area contributed by atoms with Crippen molar-refractivity contribution < 1.29 is 19.0 Å². The van der Waals surface area contributed by atoms with Gasteiger partial charge >= 0.3 is 0 Å². The first kappa shape index (κ1) is 21.3. The highest BCUT2D eigenvalue weighted by Gasteiger charge is 2.18. The Morgan fingerprint density at radius 2 is 1.50 bits per heavy atom. The largest absolute Gasteiger partial charge is 0.497 e. The van der Waals surface area contributed by atoms with Gasteiger partial charge < -0.3 is 19.5 Å². The van der Waals surface area contributed by atoms with Crippen molar-refractivity contribution in [2.45, 2.75) is 0 Å². The predicted molar refractivity (Wildman–Crippen MR) is 121 cm³/mol. The van der Waals surface area contributed by atoms with Crippen molar-refractivity contribution in [3.63, 3.8) is 0 Å². The topological polar surface area (TPSA) is 56.8 Å². The molecule has 0 aromatic heterocycles. The minimum Gasteiger partial charge on any atom is -0.497 e. The van der Waals surface area contributed by atoms with Gasteiger partial charge in [-0.25, -0.2) is 0 Å². The van der Waals surface area contributed by atoms with Gasteiger partial charge in [-0.05, 0) is 53.6 Å². The van der Waals surface area contributed by atoms with Crippen LogP contribution in [-0.2, 0) is 0 Å². The summed E-state index contributed by atoms with van der Waals surface area (Å²) in [6, 6.07) is 18.0. The van der Waals surface area contributed by atoms with Gasteiger partial charge in [0.05, 0.1) is 26.9 Å². The van der Waals surface area contributed by atoms with E-state index < -0.39 is 0 Å². The van der Waals surface area contributed by atoms with E-state index in [1.807, 2.05) is 36.4 Å². The van der Waals surface area contributed by atoms with E-state index in [2.05, 4.69) is 5.32 Å². The highest BCUT2D eigenvalue weighted by Crippen LogP contribution is 2.31. The zero-order valence-electron chi connectivity index (χ0n) is 16.9. The summed E-state index contributed by atoms with van der Waals surface area (Å²) < 4.78 is 16.0. The van der Waals surface area contributed by atoms with Crippen LogP contribution in [0.25, 0.3) is 12.2 Å².